The van der Waals surface area contributed by atoms with Crippen molar-refractivity contribution < 1.29 is 38.3 Å². The highest BCUT2D eigenvalue weighted by Crippen LogP contribution is 2.24. The van der Waals surface area contributed by atoms with Crippen molar-refractivity contribution in [1.82, 2.24) is 15.0 Å². The van der Waals surface area contributed by atoms with E-state index >= 15 is 0 Å². The minimum atomic E-state index is -0.517. The maximum atomic E-state index is 9.60. The lowest BCUT2D eigenvalue weighted by atomic mass is 10.0. The first-order valence-electron chi connectivity index (χ1n) is 23.2. The SMILES string of the molecule is CC(C)(CCN)OCCC(C)(C)OCCN(CCOC(C)(C)CCO)c1nc(Cl)nc(N(CCOC(C)(C)CCOC(C)(C)CCN)CCOC(C)(C)CCOC(C)(C)CCN)n1. The second-order valence-corrected chi connectivity index (χ2v) is 21.1. The number of aliphatic hydroxyl groups is 1. The summed E-state index contributed by atoms with van der Waals surface area (Å²) in [6, 6.07) is 0. The van der Waals surface area contributed by atoms with Gasteiger partial charge in [0.15, 0.2) is 0 Å². The van der Waals surface area contributed by atoms with Crippen LogP contribution in [0.2, 0.25) is 5.28 Å². The molecule has 0 unspecified atom stereocenters. The van der Waals surface area contributed by atoms with Crippen LogP contribution >= 0.6 is 11.6 Å². The summed E-state index contributed by atoms with van der Waals surface area (Å²) in [6.07, 6.45) is 4.94. The molecule has 0 saturated heterocycles. The summed E-state index contributed by atoms with van der Waals surface area (Å²) < 4.78 is 44.0. The summed E-state index contributed by atoms with van der Waals surface area (Å²) in [7, 11) is 0. The zero-order valence-corrected chi connectivity index (χ0v) is 43.0. The molecule has 0 atom stereocenters. The predicted molar refractivity (Wildman–Crippen MR) is 256 cm³/mol. The first-order valence-corrected chi connectivity index (χ1v) is 23.6. The average Bonchev–Trinajstić information content (AvgIpc) is 3.12. The molecule has 0 bridgehead atoms. The number of anilines is 2. The summed E-state index contributed by atoms with van der Waals surface area (Å²) in [5.74, 6) is 0.792. The van der Waals surface area contributed by atoms with Crippen LogP contribution in [0.25, 0.3) is 0 Å². The summed E-state index contributed by atoms with van der Waals surface area (Å²) in [6.45, 7) is 35.4. The van der Waals surface area contributed by atoms with Crippen LogP contribution in [0.3, 0.4) is 0 Å². The van der Waals surface area contributed by atoms with Crippen LogP contribution in [-0.4, -0.2) is 158 Å². The van der Waals surface area contributed by atoms with E-state index in [9.17, 15) is 5.11 Å². The van der Waals surface area contributed by atoms with Crippen LogP contribution in [-0.2, 0) is 33.2 Å². The molecule has 0 aliphatic carbocycles. The quantitative estimate of drug-likeness (QED) is 0.0574. The van der Waals surface area contributed by atoms with E-state index in [2.05, 4.69) is 93.1 Å². The topological polar surface area (TPSA) is 208 Å². The Balaban J connectivity index is 3.34. The Morgan fingerprint density at radius 1 is 0.397 bits per heavy atom. The largest absolute Gasteiger partial charge is 0.396 e. The number of rotatable bonds is 38. The molecule has 0 saturated carbocycles. The minimum absolute atomic E-state index is 0.0261. The number of ether oxygens (including phenoxy) is 7. The number of hydrogen-bond acceptors (Lipinski definition) is 16. The van der Waals surface area contributed by atoms with E-state index in [0.717, 1.165) is 19.3 Å². The average molecular weight is 922 g/mol. The molecule has 372 valence electrons. The smallest absolute Gasteiger partial charge is 0.231 e. The van der Waals surface area contributed by atoms with Gasteiger partial charge in [-0.05, 0) is 173 Å². The Kier molecular flexibility index (Phi) is 26.4. The molecule has 0 aromatic carbocycles. The Morgan fingerprint density at radius 2 is 0.635 bits per heavy atom. The van der Waals surface area contributed by atoms with Crippen molar-refractivity contribution in [2.24, 2.45) is 17.2 Å². The predicted octanol–water partition coefficient (Wildman–Crippen LogP) is 6.30. The van der Waals surface area contributed by atoms with Gasteiger partial charge in [0.1, 0.15) is 0 Å². The fourth-order valence-corrected chi connectivity index (χ4v) is 6.65. The summed E-state index contributed by atoms with van der Waals surface area (Å²) in [5.41, 5.74) is 14.6. The summed E-state index contributed by atoms with van der Waals surface area (Å²) >= 11 is 6.72. The zero-order valence-electron chi connectivity index (χ0n) is 42.2. The lowest BCUT2D eigenvalue weighted by molar-refractivity contribution is -0.0742. The molecule has 1 aromatic rings. The van der Waals surface area contributed by atoms with Crippen molar-refractivity contribution in [1.29, 1.82) is 0 Å². The van der Waals surface area contributed by atoms with E-state index in [4.69, 9.17) is 66.9 Å². The number of halogens is 1. The standard InChI is InChI=1S/C46H93ClN8O8/c1-40(2,15-22-48)57-30-19-44(9,10)61-34-26-54(25-33-60-43(7,8)18-29-56)38-51-37(47)52-39(53-38)55(27-35-62-45(11,12)20-31-58-41(3,4)16-23-49)28-36-63-46(13,14)21-32-59-42(5,6)17-24-50/h56H,15-36,48-50H2,1-14H3. The van der Waals surface area contributed by atoms with Crippen molar-refractivity contribution in [2.45, 2.75) is 181 Å². The number of aliphatic hydroxyl groups excluding tert-OH is 1. The van der Waals surface area contributed by atoms with Gasteiger partial charge in [-0.25, -0.2) is 0 Å². The van der Waals surface area contributed by atoms with Gasteiger partial charge in [-0.2, -0.15) is 15.0 Å². The fourth-order valence-electron chi connectivity index (χ4n) is 6.50. The Hall–Kier alpha value is -1.54. The second-order valence-electron chi connectivity index (χ2n) is 20.8. The molecule has 0 aliphatic rings. The Morgan fingerprint density at radius 3 is 0.889 bits per heavy atom. The van der Waals surface area contributed by atoms with Gasteiger partial charge in [0, 0.05) is 32.8 Å². The molecule has 0 radical (unpaired) electrons. The molecule has 1 heterocycles. The monoisotopic (exact) mass is 921 g/mol. The highest BCUT2D eigenvalue weighted by atomic mass is 35.5. The van der Waals surface area contributed by atoms with Crippen LogP contribution in [0.5, 0.6) is 0 Å². The third kappa shape index (κ3) is 27.6. The minimum Gasteiger partial charge on any atom is -0.396 e. The van der Waals surface area contributed by atoms with E-state index in [1.54, 1.807) is 0 Å². The highest BCUT2D eigenvalue weighted by Gasteiger charge is 2.28. The van der Waals surface area contributed by atoms with E-state index in [-0.39, 0.29) is 28.7 Å². The van der Waals surface area contributed by atoms with Crippen LogP contribution < -0.4 is 27.0 Å². The number of hydrogen-bond donors (Lipinski definition) is 4. The number of aromatic nitrogens is 3. The van der Waals surface area contributed by atoms with Gasteiger partial charge >= 0.3 is 0 Å². The third-order valence-electron chi connectivity index (χ3n) is 11.1. The van der Waals surface area contributed by atoms with Crippen LogP contribution in [0.4, 0.5) is 11.9 Å². The van der Waals surface area contributed by atoms with Crippen molar-refractivity contribution in [3.63, 3.8) is 0 Å². The molecule has 0 spiro atoms. The van der Waals surface area contributed by atoms with Gasteiger partial charge < -0.3 is 65.3 Å². The molecule has 16 nitrogen and oxygen atoms in total. The van der Waals surface area contributed by atoms with Gasteiger partial charge in [0.25, 0.3) is 0 Å². The Labute approximate surface area is 387 Å². The van der Waals surface area contributed by atoms with E-state index in [1.807, 2.05) is 23.6 Å². The van der Waals surface area contributed by atoms with Crippen molar-refractivity contribution in [3.8, 4) is 0 Å². The van der Waals surface area contributed by atoms with Gasteiger partial charge in [-0.3, -0.25) is 0 Å². The summed E-state index contributed by atoms with van der Waals surface area (Å²) in [5, 5.41) is 9.66. The second kappa shape index (κ2) is 27.9. The lowest BCUT2D eigenvalue weighted by Gasteiger charge is -2.32. The molecule has 0 aliphatic heterocycles. The first kappa shape index (κ1) is 59.5. The Bertz CT molecular complexity index is 1340. The normalized spacial score (nSPS) is 13.6. The van der Waals surface area contributed by atoms with Crippen molar-refractivity contribution in [3.05, 3.63) is 5.28 Å². The molecule has 0 amide bonds. The third-order valence-corrected chi connectivity index (χ3v) is 11.3. The number of nitrogens with two attached hydrogens (primary N) is 3. The van der Waals surface area contributed by atoms with Gasteiger partial charge in [0.05, 0.1) is 85.5 Å². The molecule has 1 aromatic heterocycles. The molecular formula is C46H93ClN8O8. The van der Waals surface area contributed by atoms with E-state index in [1.165, 1.54) is 0 Å². The summed E-state index contributed by atoms with van der Waals surface area (Å²) in [4.78, 5) is 18.3. The molecule has 63 heavy (non-hydrogen) atoms. The molecule has 17 heteroatoms. The first-order chi connectivity index (χ1) is 29.1. The fraction of sp³-hybridized carbons (Fsp3) is 0.935. The van der Waals surface area contributed by atoms with E-state index < -0.39 is 22.4 Å². The number of nitrogens with zero attached hydrogens (tertiary/aromatic N) is 5. The van der Waals surface area contributed by atoms with Crippen LogP contribution in [0.15, 0.2) is 0 Å². The van der Waals surface area contributed by atoms with Gasteiger partial charge in [-0.1, -0.05) is 0 Å². The molecule has 7 N–H and O–H groups in total. The van der Waals surface area contributed by atoms with Gasteiger partial charge in [0.2, 0.25) is 17.2 Å². The zero-order chi connectivity index (χ0) is 48.0. The molecular weight excluding hydrogens is 828 g/mol. The van der Waals surface area contributed by atoms with Crippen LogP contribution in [0.1, 0.15) is 142 Å². The highest BCUT2D eigenvalue weighted by molar-refractivity contribution is 6.28. The lowest BCUT2D eigenvalue weighted by Crippen LogP contribution is -2.40. The molecule has 1 rings (SSSR count). The van der Waals surface area contributed by atoms with Crippen LogP contribution in [0, 0.1) is 0 Å². The maximum Gasteiger partial charge on any atom is 0.231 e. The van der Waals surface area contributed by atoms with Gasteiger partial charge in [-0.15, -0.1) is 0 Å². The maximum absolute atomic E-state index is 9.60. The van der Waals surface area contributed by atoms with Crippen molar-refractivity contribution in [2.75, 3.05) is 108 Å². The van der Waals surface area contributed by atoms with E-state index in [0.29, 0.717) is 130 Å². The molecule has 0 fully saturated rings. The van der Waals surface area contributed by atoms with Crippen molar-refractivity contribution >= 4 is 23.5 Å².